The second-order valence-electron chi connectivity index (χ2n) is 2.33. The smallest absolute Gasteiger partial charge is 0.150 e. The molecule has 2 aromatic heterocycles. The predicted octanol–water partition coefficient (Wildman–Crippen LogP) is 1.07. The summed E-state index contributed by atoms with van der Waals surface area (Å²) in [5.41, 5.74) is 0.547. The fourth-order valence-electron chi connectivity index (χ4n) is 1.04. The van der Waals surface area contributed by atoms with Crippen molar-refractivity contribution < 1.29 is 0 Å². The normalized spacial score (nSPS) is 9.58. The number of nitrogens with one attached hydrogen (secondary N) is 1. The molecule has 4 nitrogen and oxygen atoms in total. The minimum Gasteiger partial charge on any atom is -0.308 e. The summed E-state index contributed by atoms with van der Waals surface area (Å²) in [7, 11) is 0. The topological polar surface area (TPSA) is 57.4 Å². The van der Waals surface area contributed by atoms with Gasteiger partial charge in [-0.15, -0.1) is 0 Å². The number of hydrogen-bond acceptors (Lipinski definition) is 2. The van der Waals surface area contributed by atoms with Crippen molar-refractivity contribution in [3.63, 3.8) is 0 Å². The zero-order chi connectivity index (χ0) is 8.39. The van der Waals surface area contributed by atoms with Gasteiger partial charge in [0.15, 0.2) is 0 Å². The van der Waals surface area contributed by atoms with E-state index in [1.807, 2.05) is 35.2 Å². The molecule has 0 amide bonds. The van der Waals surface area contributed by atoms with Gasteiger partial charge in [-0.25, -0.2) is 0 Å². The lowest BCUT2D eigenvalue weighted by Crippen LogP contribution is -1.92. The third kappa shape index (κ3) is 0.883. The van der Waals surface area contributed by atoms with E-state index in [9.17, 15) is 0 Å². The first kappa shape index (κ1) is 6.68. The van der Waals surface area contributed by atoms with E-state index in [1.165, 1.54) is 6.20 Å². The van der Waals surface area contributed by atoms with Crippen LogP contribution in [0, 0.1) is 11.3 Å². The van der Waals surface area contributed by atoms with E-state index in [1.54, 1.807) is 0 Å². The Hall–Kier alpha value is -2.02. The molecule has 1 N–H and O–H groups in total. The summed E-state index contributed by atoms with van der Waals surface area (Å²) in [5, 5.41) is 15.2. The van der Waals surface area contributed by atoms with E-state index < -0.39 is 0 Å². The number of aromatic nitrogens is 3. The van der Waals surface area contributed by atoms with Crippen molar-refractivity contribution in [2.45, 2.75) is 0 Å². The number of aromatic amines is 1. The number of hydrogen-bond donors (Lipinski definition) is 1. The SMILES string of the molecule is N#Cc1cn[nH]c1-n1cccc1. The molecule has 0 spiro atoms. The third-order valence-corrected chi connectivity index (χ3v) is 1.60. The third-order valence-electron chi connectivity index (χ3n) is 1.60. The van der Waals surface area contributed by atoms with Gasteiger partial charge in [-0.1, -0.05) is 0 Å². The van der Waals surface area contributed by atoms with Gasteiger partial charge >= 0.3 is 0 Å². The molecule has 2 aromatic rings. The molecular formula is C8H6N4. The van der Waals surface area contributed by atoms with E-state index in [0.29, 0.717) is 11.4 Å². The quantitative estimate of drug-likeness (QED) is 0.674. The van der Waals surface area contributed by atoms with E-state index in [-0.39, 0.29) is 0 Å². The zero-order valence-corrected chi connectivity index (χ0v) is 6.23. The van der Waals surface area contributed by atoms with Crippen LogP contribution in [0.5, 0.6) is 0 Å². The number of nitrogens with zero attached hydrogens (tertiary/aromatic N) is 3. The first-order valence-electron chi connectivity index (χ1n) is 3.48. The maximum Gasteiger partial charge on any atom is 0.150 e. The molecule has 0 fully saturated rings. The summed E-state index contributed by atoms with van der Waals surface area (Å²) in [6.07, 6.45) is 5.22. The van der Waals surface area contributed by atoms with Crippen LogP contribution in [-0.2, 0) is 0 Å². The molecule has 0 atom stereocenters. The van der Waals surface area contributed by atoms with Crippen LogP contribution >= 0.6 is 0 Å². The summed E-state index contributed by atoms with van der Waals surface area (Å²) >= 11 is 0. The summed E-state index contributed by atoms with van der Waals surface area (Å²) in [6.45, 7) is 0. The molecular weight excluding hydrogens is 152 g/mol. The van der Waals surface area contributed by atoms with Gasteiger partial charge in [0.05, 0.1) is 6.20 Å². The molecule has 4 heteroatoms. The Morgan fingerprint density at radius 2 is 2.17 bits per heavy atom. The fourth-order valence-corrected chi connectivity index (χ4v) is 1.04. The van der Waals surface area contributed by atoms with Gasteiger partial charge in [0.2, 0.25) is 0 Å². The second kappa shape index (κ2) is 2.55. The molecule has 0 bridgehead atoms. The van der Waals surface area contributed by atoms with Gasteiger partial charge in [-0.05, 0) is 12.1 Å². The first-order valence-corrected chi connectivity index (χ1v) is 3.48. The number of H-pyrrole nitrogens is 1. The van der Waals surface area contributed by atoms with Crippen molar-refractivity contribution in [2.24, 2.45) is 0 Å². The lowest BCUT2D eigenvalue weighted by atomic mass is 10.4. The Kier molecular flexibility index (Phi) is 1.42. The van der Waals surface area contributed by atoms with Crippen LogP contribution in [0.1, 0.15) is 5.56 Å². The molecule has 0 unspecified atom stereocenters. The van der Waals surface area contributed by atoms with Crippen molar-refractivity contribution >= 4 is 0 Å². The van der Waals surface area contributed by atoms with E-state index in [0.717, 1.165) is 0 Å². The van der Waals surface area contributed by atoms with E-state index >= 15 is 0 Å². The van der Waals surface area contributed by atoms with Crippen LogP contribution in [0.25, 0.3) is 5.82 Å². The van der Waals surface area contributed by atoms with Crippen molar-refractivity contribution in [3.05, 3.63) is 36.3 Å². The predicted molar refractivity (Wildman–Crippen MR) is 42.6 cm³/mol. The van der Waals surface area contributed by atoms with Gasteiger partial charge in [-0.2, -0.15) is 10.4 Å². The highest BCUT2D eigenvalue weighted by atomic mass is 15.2. The highest BCUT2D eigenvalue weighted by molar-refractivity contribution is 5.41. The van der Waals surface area contributed by atoms with Gasteiger partial charge in [-0.3, -0.25) is 5.10 Å². The molecule has 0 aliphatic carbocycles. The molecule has 0 saturated carbocycles. The Labute approximate surface area is 69.1 Å². The minimum atomic E-state index is 0.547. The maximum atomic E-state index is 8.68. The molecule has 0 aliphatic rings. The standard InChI is InChI=1S/C8H6N4/c9-5-7-6-10-11-8(7)12-3-1-2-4-12/h1-4,6H,(H,10,11). The van der Waals surface area contributed by atoms with Crippen molar-refractivity contribution in [1.29, 1.82) is 5.26 Å². The Morgan fingerprint density at radius 1 is 1.42 bits per heavy atom. The largest absolute Gasteiger partial charge is 0.308 e. The first-order chi connectivity index (χ1) is 5.92. The highest BCUT2D eigenvalue weighted by Crippen LogP contribution is 2.08. The summed E-state index contributed by atoms with van der Waals surface area (Å²) in [4.78, 5) is 0. The molecule has 0 radical (unpaired) electrons. The Morgan fingerprint density at radius 3 is 2.83 bits per heavy atom. The fraction of sp³-hybridized carbons (Fsp3) is 0. The summed E-state index contributed by atoms with van der Waals surface area (Å²) < 4.78 is 1.81. The monoisotopic (exact) mass is 158 g/mol. The van der Waals surface area contributed by atoms with Crippen LogP contribution < -0.4 is 0 Å². The van der Waals surface area contributed by atoms with Crippen molar-refractivity contribution in [2.75, 3.05) is 0 Å². The van der Waals surface area contributed by atoms with Crippen LogP contribution in [0.3, 0.4) is 0 Å². The van der Waals surface area contributed by atoms with Crippen LogP contribution in [0.4, 0.5) is 0 Å². The van der Waals surface area contributed by atoms with E-state index in [2.05, 4.69) is 10.2 Å². The summed E-state index contributed by atoms with van der Waals surface area (Å²) in [5.74, 6) is 0.711. The second-order valence-corrected chi connectivity index (χ2v) is 2.33. The van der Waals surface area contributed by atoms with Gasteiger partial charge in [0, 0.05) is 12.4 Å². The summed E-state index contributed by atoms with van der Waals surface area (Å²) in [6, 6.07) is 5.83. The van der Waals surface area contributed by atoms with Gasteiger partial charge < -0.3 is 4.57 Å². The molecule has 2 rings (SSSR count). The molecule has 58 valence electrons. The molecule has 12 heavy (non-hydrogen) atoms. The Balaban J connectivity index is 2.55. The average molecular weight is 158 g/mol. The van der Waals surface area contributed by atoms with Crippen molar-refractivity contribution in [3.8, 4) is 11.9 Å². The lowest BCUT2D eigenvalue weighted by molar-refractivity contribution is 0.963. The van der Waals surface area contributed by atoms with E-state index in [4.69, 9.17) is 5.26 Å². The molecule has 0 aromatic carbocycles. The molecule has 0 saturated heterocycles. The maximum absolute atomic E-state index is 8.68. The average Bonchev–Trinajstić information content (AvgIpc) is 2.74. The van der Waals surface area contributed by atoms with Crippen LogP contribution in [-0.4, -0.2) is 14.8 Å². The van der Waals surface area contributed by atoms with Crippen LogP contribution in [0.2, 0.25) is 0 Å². The zero-order valence-electron chi connectivity index (χ0n) is 6.23. The van der Waals surface area contributed by atoms with Gasteiger partial charge in [0.1, 0.15) is 17.5 Å². The van der Waals surface area contributed by atoms with Crippen molar-refractivity contribution in [1.82, 2.24) is 14.8 Å². The lowest BCUT2D eigenvalue weighted by Gasteiger charge is -1.96. The van der Waals surface area contributed by atoms with Gasteiger partial charge in [0.25, 0.3) is 0 Å². The molecule has 2 heterocycles. The minimum absolute atomic E-state index is 0.547. The Bertz CT molecular complexity index is 404. The highest BCUT2D eigenvalue weighted by Gasteiger charge is 2.03. The number of rotatable bonds is 1. The number of nitriles is 1. The molecule has 0 aliphatic heterocycles. The van der Waals surface area contributed by atoms with Crippen LogP contribution in [0.15, 0.2) is 30.7 Å².